The molecule has 96 valence electrons. The van der Waals surface area contributed by atoms with Crippen LogP contribution in [0.4, 0.5) is 0 Å². The predicted octanol–water partition coefficient (Wildman–Crippen LogP) is 4.51. The Morgan fingerprint density at radius 1 is 1.65 bits per heavy atom. The molecule has 17 heavy (non-hydrogen) atoms. The minimum absolute atomic E-state index is 0.523. The van der Waals surface area contributed by atoms with E-state index in [4.69, 9.17) is 11.6 Å². The number of fused-ring (bicyclic) bond motifs is 1. The lowest BCUT2D eigenvalue weighted by Crippen LogP contribution is -2.33. The highest BCUT2D eigenvalue weighted by molar-refractivity contribution is 7.99. The van der Waals surface area contributed by atoms with Gasteiger partial charge in [-0.2, -0.15) is 11.8 Å². The van der Waals surface area contributed by atoms with E-state index >= 15 is 0 Å². The van der Waals surface area contributed by atoms with Gasteiger partial charge >= 0.3 is 0 Å². The first kappa shape index (κ1) is 13.7. The summed E-state index contributed by atoms with van der Waals surface area (Å²) in [7, 11) is 0. The average Bonchev–Trinajstić information content (AvgIpc) is 2.68. The number of nitrogens with one attached hydrogen (secondary N) is 1. The van der Waals surface area contributed by atoms with Crippen molar-refractivity contribution in [1.29, 1.82) is 0 Å². The van der Waals surface area contributed by atoms with Crippen molar-refractivity contribution < 1.29 is 0 Å². The molecule has 4 heteroatoms. The fourth-order valence-electron chi connectivity index (χ4n) is 2.38. The summed E-state index contributed by atoms with van der Waals surface area (Å²) in [6, 6.07) is 3.27. The molecule has 2 rings (SSSR count). The van der Waals surface area contributed by atoms with E-state index in [0.717, 1.165) is 4.34 Å². The lowest BCUT2D eigenvalue weighted by atomic mass is 9.93. The van der Waals surface area contributed by atoms with Gasteiger partial charge in [-0.05, 0) is 43.6 Å². The van der Waals surface area contributed by atoms with E-state index in [2.05, 4.69) is 25.2 Å². The zero-order chi connectivity index (χ0) is 12.3. The van der Waals surface area contributed by atoms with Crippen LogP contribution in [-0.4, -0.2) is 17.5 Å². The summed E-state index contributed by atoms with van der Waals surface area (Å²) in [6.45, 7) is 4.50. The van der Waals surface area contributed by atoms with Crippen molar-refractivity contribution in [2.24, 2.45) is 0 Å². The molecule has 1 N–H and O–H groups in total. The van der Waals surface area contributed by atoms with Crippen LogP contribution in [0, 0.1) is 0 Å². The van der Waals surface area contributed by atoms with Gasteiger partial charge in [-0.15, -0.1) is 11.3 Å². The predicted molar refractivity (Wildman–Crippen MR) is 80.6 cm³/mol. The van der Waals surface area contributed by atoms with Crippen LogP contribution in [0.1, 0.15) is 43.2 Å². The Balaban J connectivity index is 1.98. The average molecular weight is 290 g/mol. The first-order valence-electron chi connectivity index (χ1n) is 6.32. The Morgan fingerprint density at radius 2 is 2.47 bits per heavy atom. The number of rotatable bonds is 5. The summed E-state index contributed by atoms with van der Waals surface area (Å²) in [6.07, 6.45) is 3.75. The fraction of sp³-hybridized carbons (Fsp3) is 0.692. The highest BCUT2D eigenvalue weighted by Crippen LogP contribution is 2.38. The quantitative estimate of drug-likeness (QED) is 0.856. The molecule has 1 aliphatic carbocycles. The standard InChI is InChI=1S/C13H20ClNS2/c1-3-16-8-9(2)15-11-5-4-6-12-10(11)7-13(14)17-12/h7,9,11,15H,3-6,8H2,1-2H3. The maximum atomic E-state index is 6.12. The third-order valence-electron chi connectivity index (χ3n) is 3.14. The van der Waals surface area contributed by atoms with Gasteiger partial charge in [0.1, 0.15) is 0 Å². The van der Waals surface area contributed by atoms with Crippen LogP contribution in [-0.2, 0) is 6.42 Å². The first-order chi connectivity index (χ1) is 8.20. The second-order valence-corrected chi connectivity index (χ2v) is 7.69. The topological polar surface area (TPSA) is 12.0 Å². The van der Waals surface area contributed by atoms with Gasteiger partial charge in [0.25, 0.3) is 0 Å². The Hall–Kier alpha value is 0.300. The van der Waals surface area contributed by atoms with Crippen LogP contribution in [0.15, 0.2) is 6.07 Å². The molecule has 2 unspecified atom stereocenters. The summed E-state index contributed by atoms with van der Waals surface area (Å²) in [4.78, 5) is 1.49. The van der Waals surface area contributed by atoms with Crippen LogP contribution in [0.2, 0.25) is 4.34 Å². The van der Waals surface area contributed by atoms with E-state index in [0.29, 0.717) is 12.1 Å². The molecule has 1 aliphatic rings. The van der Waals surface area contributed by atoms with E-state index < -0.39 is 0 Å². The second-order valence-electron chi connectivity index (χ2n) is 4.60. The van der Waals surface area contributed by atoms with E-state index in [-0.39, 0.29) is 0 Å². The number of thioether (sulfide) groups is 1. The van der Waals surface area contributed by atoms with E-state index in [1.54, 1.807) is 11.3 Å². The third-order valence-corrected chi connectivity index (χ3v) is 5.62. The maximum absolute atomic E-state index is 6.12. The molecule has 1 heterocycles. The Labute approximate surface area is 117 Å². The molecule has 2 atom stereocenters. The van der Waals surface area contributed by atoms with Crippen molar-refractivity contribution in [2.45, 2.75) is 45.2 Å². The Bertz CT molecular complexity index is 364. The molecule has 0 amide bonds. The van der Waals surface area contributed by atoms with E-state index in [1.807, 2.05) is 11.8 Å². The van der Waals surface area contributed by atoms with Gasteiger partial charge in [-0.3, -0.25) is 0 Å². The molecule has 0 bridgehead atoms. The third kappa shape index (κ3) is 3.63. The first-order valence-corrected chi connectivity index (χ1v) is 8.67. The lowest BCUT2D eigenvalue weighted by Gasteiger charge is -2.27. The molecule has 0 spiro atoms. The van der Waals surface area contributed by atoms with Crippen molar-refractivity contribution in [3.05, 3.63) is 20.8 Å². The van der Waals surface area contributed by atoms with E-state index in [9.17, 15) is 0 Å². The summed E-state index contributed by atoms with van der Waals surface area (Å²) in [5.74, 6) is 2.40. The van der Waals surface area contributed by atoms with Crippen molar-refractivity contribution in [3.63, 3.8) is 0 Å². The minimum Gasteiger partial charge on any atom is -0.307 e. The molecule has 0 aliphatic heterocycles. The molecule has 0 saturated heterocycles. The fourth-order valence-corrected chi connectivity index (χ4v) is 4.45. The number of aryl methyl sites for hydroxylation is 1. The van der Waals surface area contributed by atoms with Crippen LogP contribution in [0.25, 0.3) is 0 Å². The Kier molecular flexibility index (Phi) is 5.22. The van der Waals surface area contributed by atoms with Gasteiger partial charge in [0.2, 0.25) is 0 Å². The van der Waals surface area contributed by atoms with Crippen LogP contribution < -0.4 is 5.32 Å². The SMILES string of the molecule is CCSCC(C)NC1CCCc2sc(Cl)cc21. The highest BCUT2D eigenvalue weighted by atomic mass is 35.5. The summed E-state index contributed by atoms with van der Waals surface area (Å²) in [5.41, 5.74) is 1.46. The Morgan fingerprint density at radius 3 is 3.24 bits per heavy atom. The molecule has 0 saturated carbocycles. The molecule has 1 aromatic rings. The van der Waals surface area contributed by atoms with E-state index in [1.165, 1.54) is 41.2 Å². The van der Waals surface area contributed by atoms with Gasteiger partial charge in [-0.1, -0.05) is 18.5 Å². The van der Waals surface area contributed by atoms with Crippen molar-refractivity contribution in [2.75, 3.05) is 11.5 Å². The second kappa shape index (κ2) is 6.46. The molecule has 1 nitrogen and oxygen atoms in total. The van der Waals surface area contributed by atoms with Gasteiger partial charge in [0, 0.05) is 22.7 Å². The van der Waals surface area contributed by atoms with Crippen LogP contribution in [0.3, 0.4) is 0 Å². The van der Waals surface area contributed by atoms with Crippen LogP contribution in [0.5, 0.6) is 0 Å². The minimum atomic E-state index is 0.523. The molecular weight excluding hydrogens is 270 g/mol. The van der Waals surface area contributed by atoms with Crippen molar-refractivity contribution >= 4 is 34.7 Å². The number of hydrogen-bond acceptors (Lipinski definition) is 3. The molecular formula is C13H20ClNS2. The summed E-state index contributed by atoms with van der Waals surface area (Å²) >= 11 is 9.89. The monoisotopic (exact) mass is 289 g/mol. The number of halogens is 1. The van der Waals surface area contributed by atoms with Crippen LogP contribution >= 0.6 is 34.7 Å². The normalized spacial score (nSPS) is 21.2. The van der Waals surface area contributed by atoms with Gasteiger partial charge in [0.05, 0.1) is 4.34 Å². The number of thiophene rings is 1. The van der Waals surface area contributed by atoms with Crippen molar-refractivity contribution in [1.82, 2.24) is 5.32 Å². The molecule has 0 aromatic carbocycles. The largest absolute Gasteiger partial charge is 0.307 e. The molecule has 0 fully saturated rings. The summed E-state index contributed by atoms with van der Waals surface area (Å²) < 4.78 is 0.944. The summed E-state index contributed by atoms with van der Waals surface area (Å²) in [5, 5.41) is 3.75. The van der Waals surface area contributed by atoms with Gasteiger partial charge in [0.15, 0.2) is 0 Å². The maximum Gasteiger partial charge on any atom is 0.0934 e. The number of hydrogen-bond donors (Lipinski definition) is 1. The molecule has 0 radical (unpaired) electrons. The molecule has 1 aromatic heterocycles. The zero-order valence-corrected chi connectivity index (χ0v) is 12.9. The smallest absolute Gasteiger partial charge is 0.0934 e. The van der Waals surface area contributed by atoms with Gasteiger partial charge < -0.3 is 5.32 Å². The zero-order valence-electron chi connectivity index (χ0n) is 10.5. The lowest BCUT2D eigenvalue weighted by molar-refractivity contribution is 0.429. The highest BCUT2D eigenvalue weighted by Gasteiger charge is 2.23. The van der Waals surface area contributed by atoms with Crippen molar-refractivity contribution in [3.8, 4) is 0 Å². The van der Waals surface area contributed by atoms with Gasteiger partial charge in [-0.25, -0.2) is 0 Å².